The Balaban J connectivity index is 1.68. The van der Waals surface area contributed by atoms with Crippen LogP contribution in [0.1, 0.15) is 74.9 Å². The van der Waals surface area contributed by atoms with E-state index in [0.29, 0.717) is 18.0 Å². The highest BCUT2D eigenvalue weighted by molar-refractivity contribution is 6.87. The van der Waals surface area contributed by atoms with Crippen LogP contribution < -0.4 is 10.5 Å². The monoisotopic (exact) mass is 466 g/mol. The Morgan fingerprint density at radius 2 is 1.67 bits per heavy atom. The predicted molar refractivity (Wildman–Crippen MR) is 136 cm³/mol. The third-order valence-electron chi connectivity index (χ3n) is 7.08. The van der Waals surface area contributed by atoms with E-state index in [1.807, 2.05) is 41.3 Å². The average Bonchev–Trinajstić information content (AvgIpc) is 2.81. The van der Waals surface area contributed by atoms with Gasteiger partial charge in [0.2, 0.25) is 14.2 Å². The molecule has 0 saturated carbocycles. The van der Waals surface area contributed by atoms with Gasteiger partial charge in [-0.25, -0.2) is 0 Å². The lowest BCUT2D eigenvalue weighted by molar-refractivity contribution is -0.119. The van der Waals surface area contributed by atoms with E-state index in [9.17, 15) is 14.4 Å². The fourth-order valence-corrected chi connectivity index (χ4v) is 8.43. The van der Waals surface area contributed by atoms with Gasteiger partial charge in [0.1, 0.15) is 0 Å². The second-order valence-corrected chi connectivity index (χ2v) is 14.5. The van der Waals surface area contributed by atoms with Crippen molar-refractivity contribution in [1.29, 1.82) is 0 Å². The predicted octanol–water partition coefficient (Wildman–Crippen LogP) is 4.31. The number of likely N-dealkylation sites (tertiary alicyclic amines) is 1. The zero-order valence-electron chi connectivity index (χ0n) is 20.6. The summed E-state index contributed by atoms with van der Waals surface area (Å²) in [6, 6.07) is 16.1. The standard InChI is InChI=1S/C27H38N2O3Si/c1-19(2)33(32,20(3)4)26-11-7-10-25(17-26)27(31)29-14-12-23(13-15-29)24-9-6-8-22(16-24)18-28-21(5)30/h6-11,16-17,19-20,23,32H,12-15,18H2,1-5H3,(H,28,30). The maximum Gasteiger partial charge on any atom is 0.253 e. The molecule has 2 N–H and O–H groups in total. The van der Waals surface area contributed by atoms with E-state index in [2.05, 4.69) is 45.1 Å². The van der Waals surface area contributed by atoms with Crippen molar-refractivity contribution in [3.8, 4) is 0 Å². The highest BCUT2D eigenvalue weighted by Gasteiger charge is 2.41. The van der Waals surface area contributed by atoms with Gasteiger partial charge in [-0.3, -0.25) is 9.59 Å². The summed E-state index contributed by atoms with van der Waals surface area (Å²) in [5, 5.41) is 3.80. The first-order chi connectivity index (χ1) is 15.6. The summed E-state index contributed by atoms with van der Waals surface area (Å²) in [5.41, 5.74) is 3.41. The second kappa shape index (κ2) is 10.7. The van der Waals surface area contributed by atoms with Crippen molar-refractivity contribution in [2.45, 2.75) is 71.0 Å². The van der Waals surface area contributed by atoms with Crippen LogP contribution in [0.5, 0.6) is 0 Å². The van der Waals surface area contributed by atoms with Crippen molar-refractivity contribution in [1.82, 2.24) is 10.2 Å². The van der Waals surface area contributed by atoms with E-state index in [1.165, 1.54) is 12.5 Å². The lowest BCUT2D eigenvalue weighted by Gasteiger charge is -2.35. The molecule has 3 rings (SSSR count). The smallest absolute Gasteiger partial charge is 0.253 e. The normalized spacial score (nSPS) is 15.2. The van der Waals surface area contributed by atoms with Crippen LogP contribution in [0.25, 0.3) is 0 Å². The van der Waals surface area contributed by atoms with Gasteiger partial charge in [-0.05, 0) is 58.3 Å². The number of nitrogens with zero attached hydrogens (tertiary/aromatic N) is 1. The second-order valence-electron chi connectivity index (χ2n) is 9.94. The van der Waals surface area contributed by atoms with Gasteiger partial charge in [0.25, 0.3) is 5.91 Å². The largest absolute Gasteiger partial charge is 0.427 e. The van der Waals surface area contributed by atoms with Crippen molar-refractivity contribution < 1.29 is 14.4 Å². The quantitative estimate of drug-likeness (QED) is 0.598. The fourth-order valence-electron chi connectivity index (χ4n) is 5.02. The van der Waals surface area contributed by atoms with E-state index >= 15 is 0 Å². The molecular formula is C27H38N2O3Si. The maximum atomic E-state index is 13.3. The summed E-state index contributed by atoms with van der Waals surface area (Å²) in [7, 11) is -2.68. The molecule has 0 unspecified atom stereocenters. The summed E-state index contributed by atoms with van der Waals surface area (Å²) in [4.78, 5) is 37.9. The highest BCUT2D eigenvalue weighted by atomic mass is 28.4. The van der Waals surface area contributed by atoms with E-state index in [-0.39, 0.29) is 22.9 Å². The number of hydrogen-bond donors (Lipinski definition) is 2. The van der Waals surface area contributed by atoms with Gasteiger partial charge < -0.3 is 15.0 Å². The van der Waals surface area contributed by atoms with Crippen molar-refractivity contribution >= 4 is 25.3 Å². The lowest BCUT2D eigenvalue weighted by Crippen LogP contribution is -2.53. The van der Waals surface area contributed by atoms with Gasteiger partial charge in [0.05, 0.1) is 0 Å². The van der Waals surface area contributed by atoms with Crippen LogP contribution >= 0.6 is 0 Å². The van der Waals surface area contributed by atoms with Gasteiger partial charge in [0.15, 0.2) is 0 Å². The first-order valence-corrected chi connectivity index (χ1v) is 14.2. The van der Waals surface area contributed by atoms with Crippen molar-refractivity contribution in [3.05, 3.63) is 65.2 Å². The van der Waals surface area contributed by atoms with Gasteiger partial charge in [-0.15, -0.1) is 0 Å². The molecule has 0 spiro atoms. The summed E-state index contributed by atoms with van der Waals surface area (Å²) < 4.78 is 0. The number of piperidine rings is 1. The van der Waals surface area contributed by atoms with Crippen LogP contribution in [0, 0.1) is 0 Å². The van der Waals surface area contributed by atoms with Crippen LogP contribution in [-0.2, 0) is 11.3 Å². The third kappa shape index (κ3) is 5.74. The highest BCUT2D eigenvalue weighted by Crippen LogP contribution is 2.31. The molecular weight excluding hydrogens is 428 g/mol. The molecule has 0 aliphatic carbocycles. The van der Waals surface area contributed by atoms with Crippen LogP contribution in [0.4, 0.5) is 0 Å². The van der Waals surface area contributed by atoms with E-state index < -0.39 is 8.32 Å². The molecule has 2 aromatic rings. The SMILES string of the molecule is CC(=O)NCc1cccc(C2CCN(C(=O)c3cccc([Si](O)(C(C)C)C(C)C)c3)CC2)c1. The number of hydrogen-bond acceptors (Lipinski definition) is 3. The fraction of sp³-hybridized carbons (Fsp3) is 0.481. The molecule has 2 amide bonds. The summed E-state index contributed by atoms with van der Waals surface area (Å²) >= 11 is 0. The molecule has 1 aliphatic heterocycles. The molecule has 2 aromatic carbocycles. The molecule has 5 nitrogen and oxygen atoms in total. The first-order valence-electron chi connectivity index (χ1n) is 12.1. The molecule has 178 valence electrons. The van der Waals surface area contributed by atoms with Gasteiger partial charge in [-0.2, -0.15) is 0 Å². The molecule has 1 saturated heterocycles. The lowest BCUT2D eigenvalue weighted by atomic mass is 9.88. The number of benzene rings is 2. The molecule has 6 heteroatoms. The van der Waals surface area contributed by atoms with Crippen LogP contribution in [-0.4, -0.2) is 42.9 Å². The topological polar surface area (TPSA) is 69.6 Å². The van der Waals surface area contributed by atoms with E-state index in [0.717, 1.165) is 36.7 Å². The summed E-state index contributed by atoms with van der Waals surface area (Å²) in [5.74, 6) is 0.440. The summed E-state index contributed by atoms with van der Waals surface area (Å²) in [6.07, 6.45) is 1.84. The number of carbonyl (C=O) groups is 2. The van der Waals surface area contributed by atoms with Crippen molar-refractivity contribution in [2.75, 3.05) is 13.1 Å². The van der Waals surface area contributed by atoms with Crippen LogP contribution in [0.2, 0.25) is 11.1 Å². The number of rotatable bonds is 7. The minimum Gasteiger partial charge on any atom is -0.427 e. The third-order valence-corrected chi connectivity index (χ3v) is 11.8. The molecule has 0 aromatic heterocycles. The van der Waals surface area contributed by atoms with Gasteiger partial charge in [-0.1, -0.05) is 64.1 Å². The molecule has 0 bridgehead atoms. The zero-order chi connectivity index (χ0) is 24.2. The van der Waals surface area contributed by atoms with Gasteiger partial charge >= 0.3 is 0 Å². The van der Waals surface area contributed by atoms with E-state index in [1.54, 1.807) is 0 Å². The van der Waals surface area contributed by atoms with Gasteiger partial charge in [0, 0.05) is 32.1 Å². The Labute approximate surface area is 199 Å². The number of amides is 2. The Bertz CT molecular complexity index is 973. The summed E-state index contributed by atoms with van der Waals surface area (Å²) in [6.45, 7) is 11.8. The van der Waals surface area contributed by atoms with Crippen LogP contribution in [0.15, 0.2) is 48.5 Å². The molecule has 0 radical (unpaired) electrons. The molecule has 1 heterocycles. The molecule has 33 heavy (non-hydrogen) atoms. The van der Waals surface area contributed by atoms with Crippen molar-refractivity contribution in [3.63, 3.8) is 0 Å². The van der Waals surface area contributed by atoms with E-state index in [4.69, 9.17) is 0 Å². The zero-order valence-corrected chi connectivity index (χ0v) is 21.6. The molecule has 1 fully saturated rings. The molecule has 1 aliphatic rings. The van der Waals surface area contributed by atoms with Crippen molar-refractivity contribution in [2.24, 2.45) is 0 Å². The Morgan fingerprint density at radius 3 is 2.27 bits per heavy atom. The molecule has 0 atom stereocenters. The number of nitrogens with one attached hydrogen (secondary N) is 1. The minimum absolute atomic E-state index is 0.0285. The maximum absolute atomic E-state index is 13.3. The Kier molecular flexibility index (Phi) is 8.13. The van der Waals surface area contributed by atoms with Crippen LogP contribution in [0.3, 0.4) is 0 Å². The minimum atomic E-state index is -2.68. The average molecular weight is 467 g/mol. The first kappa shape index (κ1) is 25.2. The Hall–Kier alpha value is -2.44. The number of carbonyl (C=O) groups excluding carboxylic acids is 2. The Morgan fingerprint density at radius 1 is 1.03 bits per heavy atom.